The van der Waals surface area contributed by atoms with Gasteiger partial charge in [-0.1, -0.05) is 0 Å². The van der Waals surface area contributed by atoms with E-state index in [4.69, 9.17) is 9.47 Å². The Morgan fingerprint density at radius 1 is 1.43 bits per heavy atom. The van der Waals surface area contributed by atoms with Crippen molar-refractivity contribution in [3.63, 3.8) is 0 Å². The molecule has 0 amide bonds. The number of rotatable bonds is 6. The Morgan fingerprint density at radius 3 is 3.05 bits per heavy atom. The molecule has 6 nitrogen and oxygen atoms in total. The van der Waals surface area contributed by atoms with E-state index in [0.717, 1.165) is 32.1 Å². The molecule has 21 heavy (non-hydrogen) atoms. The predicted octanol–water partition coefficient (Wildman–Crippen LogP) is 1.22. The average molecular weight is 292 g/mol. The maximum absolute atomic E-state index is 5.64. The van der Waals surface area contributed by atoms with Crippen LogP contribution < -0.4 is 15.0 Å². The summed E-state index contributed by atoms with van der Waals surface area (Å²) >= 11 is 0. The highest BCUT2D eigenvalue weighted by atomic mass is 16.5. The number of ether oxygens (including phenoxy) is 2. The minimum atomic E-state index is 0.103. The zero-order chi connectivity index (χ0) is 14.7. The second-order valence-corrected chi connectivity index (χ2v) is 5.99. The Hall–Kier alpha value is -1.40. The normalized spacial score (nSPS) is 22.6. The topological polar surface area (TPSA) is 59.5 Å². The Kier molecular flexibility index (Phi) is 4.55. The number of anilines is 1. The molecule has 6 heteroatoms. The van der Waals surface area contributed by atoms with Crippen LogP contribution in [0.15, 0.2) is 12.4 Å². The third-order valence-corrected chi connectivity index (χ3v) is 3.70. The Labute approximate surface area is 125 Å². The molecule has 0 bridgehead atoms. The van der Waals surface area contributed by atoms with E-state index < -0.39 is 0 Å². The van der Waals surface area contributed by atoms with Crippen LogP contribution in [0.2, 0.25) is 0 Å². The molecule has 1 aliphatic carbocycles. The molecule has 1 atom stereocenters. The van der Waals surface area contributed by atoms with Gasteiger partial charge in [-0.25, -0.2) is 0 Å². The molecule has 116 valence electrons. The molecule has 1 saturated heterocycles. The van der Waals surface area contributed by atoms with Gasteiger partial charge < -0.3 is 19.7 Å². The van der Waals surface area contributed by atoms with Gasteiger partial charge in [0, 0.05) is 19.1 Å². The van der Waals surface area contributed by atoms with Gasteiger partial charge in [0.2, 0.25) is 5.88 Å². The molecule has 1 aromatic heterocycles. The number of hydrogen-bond donors (Lipinski definition) is 1. The summed E-state index contributed by atoms with van der Waals surface area (Å²) in [7, 11) is 0. The number of nitrogens with one attached hydrogen (secondary N) is 1. The largest absolute Gasteiger partial charge is 0.474 e. The second kappa shape index (κ2) is 6.58. The first-order chi connectivity index (χ1) is 10.2. The van der Waals surface area contributed by atoms with Crippen LogP contribution in [-0.2, 0) is 4.74 Å². The summed E-state index contributed by atoms with van der Waals surface area (Å²) in [5.74, 6) is 1.46. The molecule has 1 unspecified atom stereocenters. The van der Waals surface area contributed by atoms with Crippen LogP contribution in [0, 0.1) is 0 Å². The van der Waals surface area contributed by atoms with E-state index in [1.54, 1.807) is 6.20 Å². The summed E-state index contributed by atoms with van der Waals surface area (Å²) < 4.78 is 11.3. The summed E-state index contributed by atoms with van der Waals surface area (Å²) in [6, 6.07) is 1.01. The van der Waals surface area contributed by atoms with E-state index in [9.17, 15) is 0 Å². The van der Waals surface area contributed by atoms with Crippen molar-refractivity contribution in [1.29, 1.82) is 0 Å². The van der Waals surface area contributed by atoms with E-state index in [1.807, 2.05) is 20.0 Å². The van der Waals surface area contributed by atoms with Crippen molar-refractivity contribution >= 4 is 5.82 Å². The number of morpholine rings is 1. The first kappa shape index (κ1) is 14.5. The monoisotopic (exact) mass is 292 g/mol. The van der Waals surface area contributed by atoms with Gasteiger partial charge in [-0.2, -0.15) is 4.98 Å². The molecule has 2 heterocycles. The molecule has 3 rings (SSSR count). The zero-order valence-corrected chi connectivity index (χ0v) is 12.8. The van der Waals surface area contributed by atoms with Crippen LogP contribution in [0.25, 0.3) is 0 Å². The van der Waals surface area contributed by atoms with E-state index in [2.05, 4.69) is 20.2 Å². The quantitative estimate of drug-likeness (QED) is 0.851. The molecule has 2 aliphatic rings. The number of nitrogens with zero attached hydrogens (tertiary/aromatic N) is 3. The molecular formula is C15H24N4O2. The molecule has 1 aliphatic heterocycles. The molecule has 1 saturated carbocycles. The van der Waals surface area contributed by atoms with Gasteiger partial charge in [0.1, 0.15) is 0 Å². The maximum Gasteiger partial charge on any atom is 0.234 e. The van der Waals surface area contributed by atoms with Crippen molar-refractivity contribution in [3.8, 4) is 5.88 Å². The Bertz CT molecular complexity index is 465. The third kappa shape index (κ3) is 4.04. The number of aromatic nitrogens is 2. The lowest BCUT2D eigenvalue weighted by Crippen LogP contribution is -2.51. The van der Waals surface area contributed by atoms with Crippen LogP contribution in [0.1, 0.15) is 26.7 Å². The average Bonchev–Trinajstić information content (AvgIpc) is 3.29. The zero-order valence-electron chi connectivity index (χ0n) is 12.8. The van der Waals surface area contributed by atoms with Gasteiger partial charge in [0.15, 0.2) is 5.82 Å². The minimum Gasteiger partial charge on any atom is -0.474 e. The summed E-state index contributed by atoms with van der Waals surface area (Å²) in [6.45, 7) is 7.23. The van der Waals surface area contributed by atoms with E-state index in [0.29, 0.717) is 18.0 Å². The fourth-order valence-electron chi connectivity index (χ4n) is 2.49. The SMILES string of the molecule is CC(C)Oc1cncc(N2CCOCC2CNC2CC2)n1. The fraction of sp³-hybridized carbons (Fsp3) is 0.733. The van der Waals surface area contributed by atoms with Gasteiger partial charge in [-0.3, -0.25) is 4.98 Å². The Balaban J connectivity index is 1.69. The van der Waals surface area contributed by atoms with Gasteiger partial charge in [0.25, 0.3) is 0 Å². The molecule has 2 fully saturated rings. The van der Waals surface area contributed by atoms with Crippen molar-refractivity contribution in [2.75, 3.05) is 31.2 Å². The summed E-state index contributed by atoms with van der Waals surface area (Å²) in [4.78, 5) is 11.1. The molecular weight excluding hydrogens is 268 g/mol. The van der Waals surface area contributed by atoms with Crippen molar-refractivity contribution < 1.29 is 9.47 Å². The summed E-state index contributed by atoms with van der Waals surface area (Å²) in [6.07, 6.45) is 6.17. The highest BCUT2D eigenvalue weighted by Crippen LogP contribution is 2.22. The first-order valence-electron chi connectivity index (χ1n) is 7.79. The van der Waals surface area contributed by atoms with Crippen LogP contribution in [0.5, 0.6) is 5.88 Å². The molecule has 1 aromatic rings. The lowest BCUT2D eigenvalue weighted by atomic mass is 10.2. The van der Waals surface area contributed by atoms with Crippen LogP contribution >= 0.6 is 0 Å². The van der Waals surface area contributed by atoms with E-state index >= 15 is 0 Å². The summed E-state index contributed by atoms with van der Waals surface area (Å²) in [5, 5.41) is 3.57. The van der Waals surface area contributed by atoms with Crippen LogP contribution in [0.4, 0.5) is 5.82 Å². The fourth-order valence-corrected chi connectivity index (χ4v) is 2.49. The molecule has 0 aromatic carbocycles. The van der Waals surface area contributed by atoms with E-state index in [-0.39, 0.29) is 6.10 Å². The van der Waals surface area contributed by atoms with E-state index in [1.165, 1.54) is 12.8 Å². The van der Waals surface area contributed by atoms with Crippen LogP contribution in [-0.4, -0.2) is 54.5 Å². The standard InChI is InChI=1S/C15H24N4O2/c1-11(2)21-15-9-16-8-14(18-15)19-5-6-20-10-13(19)7-17-12-3-4-12/h8-9,11-13,17H,3-7,10H2,1-2H3. The lowest BCUT2D eigenvalue weighted by molar-refractivity contribution is 0.0930. The van der Waals surface area contributed by atoms with Crippen molar-refractivity contribution in [3.05, 3.63) is 12.4 Å². The van der Waals surface area contributed by atoms with Gasteiger partial charge in [0.05, 0.1) is 37.8 Å². The predicted molar refractivity (Wildman–Crippen MR) is 80.8 cm³/mol. The maximum atomic E-state index is 5.64. The van der Waals surface area contributed by atoms with Gasteiger partial charge in [-0.15, -0.1) is 0 Å². The number of hydrogen-bond acceptors (Lipinski definition) is 6. The highest BCUT2D eigenvalue weighted by molar-refractivity contribution is 5.39. The van der Waals surface area contributed by atoms with Crippen molar-refractivity contribution in [1.82, 2.24) is 15.3 Å². The Morgan fingerprint density at radius 2 is 2.29 bits per heavy atom. The summed E-state index contributed by atoms with van der Waals surface area (Å²) in [5.41, 5.74) is 0. The first-order valence-corrected chi connectivity index (χ1v) is 7.79. The molecule has 0 spiro atoms. The second-order valence-electron chi connectivity index (χ2n) is 5.99. The van der Waals surface area contributed by atoms with Gasteiger partial charge >= 0.3 is 0 Å². The smallest absolute Gasteiger partial charge is 0.234 e. The van der Waals surface area contributed by atoms with Gasteiger partial charge in [-0.05, 0) is 26.7 Å². The molecule has 0 radical (unpaired) electrons. The van der Waals surface area contributed by atoms with Crippen LogP contribution in [0.3, 0.4) is 0 Å². The molecule has 1 N–H and O–H groups in total. The minimum absolute atomic E-state index is 0.103. The van der Waals surface area contributed by atoms with Crippen molar-refractivity contribution in [2.45, 2.75) is 44.9 Å². The lowest BCUT2D eigenvalue weighted by Gasteiger charge is -2.36. The third-order valence-electron chi connectivity index (χ3n) is 3.70. The van der Waals surface area contributed by atoms with Crippen molar-refractivity contribution in [2.24, 2.45) is 0 Å². The highest BCUT2D eigenvalue weighted by Gasteiger charge is 2.28.